The number of nitrogens with zero attached hydrogens (tertiary/aromatic N) is 5. The fourth-order valence-corrected chi connectivity index (χ4v) is 5.52. The third kappa shape index (κ3) is 5.99. The SMILES string of the molecule is COc1ccc(-c2nc3c(C(=O)N4CCN([C@H](C)c5ccccc5NC(=O)C(C)C)CC4)cnn3c(C(F)(F)F)c2C)cc1. The fraction of sp³-hybridized carbons (Fsp3) is 0.375. The number of piperazine rings is 1. The number of aromatic nitrogens is 3. The number of amides is 2. The molecule has 44 heavy (non-hydrogen) atoms. The summed E-state index contributed by atoms with van der Waals surface area (Å²) in [5, 5.41) is 6.98. The first-order valence-corrected chi connectivity index (χ1v) is 14.4. The highest BCUT2D eigenvalue weighted by Gasteiger charge is 2.39. The summed E-state index contributed by atoms with van der Waals surface area (Å²) in [6, 6.07) is 14.2. The van der Waals surface area contributed by atoms with Gasteiger partial charge < -0.3 is 15.0 Å². The van der Waals surface area contributed by atoms with Crippen LogP contribution in [-0.2, 0) is 11.0 Å². The van der Waals surface area contributed by atoms with E-state index in [-0.39, 0.29) is 40.3 Å². The lowest BCUT2D eigenvalue weighted by atomic mass is 10.0. The summed E-state index contributed by atoms with van der Waals surface area (Å²) in [5.41, 5.74) is 1.08. The van der Waals surface area contributed by atoms with Gasteiger partial charge in [-0.1, -0.05) is 32.0 Å². The van der Waals surface area contributed by atoms with E-state index in [1.165, 1.54) is 20.2 Å². The second-order valence-corrected chi connectivity index (χ2v) is 11.2. The molecule has 1 aliphatic heterocycles. The summed E-state index contributed by atoms with van der Waals surface area (Å²) in [7, 11) is 1.50. The normalized spacial score (nSPS) is 15.1. The highest BCUT2D eigenvalue weighted by atomic mass is 19.4. The number of hydrogen-bond acceptors (Lipinski definition) is 6. The zero-order valence-corrected chi connectivity index (χ0v) is 25.3. The highest BCUT2D eigenvalue weighted by molar-refractivity contribution is 6.00. The Labute approximate surface area is 253 Å². The molecule has 12 heteroatoms. The van der Waals surface area contributed by atoms with Crippen molar-refractivity contribution in [3.8, 4) is 17.0 Å². The summed E-state index contributed by atoms with van der Waals surface area (Å²) in [4.78, 5) is 34.4. The highest BCUT2D eigenvalue weighted by Crippen LogP contribution is 2.37. The molecule has 2 aromatic heterocycles. The van der Waals surface area contributed by atoms with Crippen LogP contribution in [0.3, 0.4) is 0 Å². The van der Waals surface area contributed by atoms with Crippen molar-refractivity contribution in [2.45, 2.75) is 39.9 Å². The number of nitrogens with one attached hydrogen (secondary N) is 1. The summed E-state index contributed by atoms with van der Waals surface area (Å²) in [6.45, 7) is 8.88. The van der Waals surface area contributed by atoms with E-state index in [9.17, 15) is 22.8 Å². The van der Waals surface area contributed by atoms with E-state index in [2.05, 4.69) is 27.2 Å². The molecule has 4 aromatic rings. The summed E-state index contributed by atoms with van der Waals surface area (Å²) >= 11 is 0. The molecular formula is C32H35F3N6O3. The number of hydrogen-bond donors (Lipinski definition) is 1. The Kier molecular flexibility index (Phi) is 8.64. The van der Waals surface area contributed by atoms with Crippen molar-refractivity contribution in [2.24, 2.45) is 5.92 Å². The number of methoxy groups -OCH3 is 1. The molecule has 1 atom stereocenters. The number of rotatable bonds is 7. The predicted molar refractivity (Wildman–Crippen MR) is 161 cm³/mol. The van der Waals surface area contributed by atoms with E-state index in [0.29, 0.717) is 37.5 Å². The first-order valence-electron chi connectivity index (χ1n) is 14.4. The van der Waals surface area contributed by atoms with Crippen molar-refractivity contribution in [2.75, 3.05) is 38.6 Å². The van der Waals surface area contributed by atoms with Crippen molar-refractivity contribution in [1.29, 1.82) is 0 Å². The Balaban J connectivity index is 1.40. The van der Waals surface area contributed by atoms with Crippen LogP contribution in [-0.4, -0.2) is 69.5 Å². The van der Waals surface area contributed by atoms with E-state index >= 15 is 0 Å². The second kappa shape index (κ2) is 12.3. The van der Waals surface area contributed by atoms with Crippen molar-refractivity contribution in [3.63, 3.8) is 0 Å². The van der Waals surface area contributed by atoms with E-state index in [1.807, 2.05) is 38.1 Å². The maximum Gasteiger partial charge on any atom is 0.433 e. The number of benzene rings is 2. The van der Waals surface area contributed by atoms with Crippen LogP contribution in [0.4, 0.5) is 18.9 Å². The molecule has 9 nitrogen and oxygen atoms in total. The average Bonchev–Trinajstić information content (AvgIpc) is 3.42. The van der Waals surface area contributed by atoms with Gasteiger partial charge in [-0.15, -0.1) is 0 Å². The van der Waals surface area contributed by atoms with Gasteiger partial charge in [-0.3, -0.25) is 14.5 Å². The van der Waals surface area contributed by atoms with Crippen molar-refractivity contribution >= 4 is 23.1 Å². The minimum atomic E-state index is -4.73. The summed E-state index contributed by atoms with van der Waals surface area (Å²) in [6.07, 6.45) is -3.56. The predicted octanol–water partition coefficient (Wildman–Crippen LogP) is 5.85. The van der Waals surface area contributed by atoms with Gasteiger partial charge in [0.25, 0.3) is 5.91 Å². The van der Waals surface area contributed by atoms with Crippen molar-refractivity contribution in [1.82, 2.24) is 24.4 Å². The topological polar surface area (TPSA) is 92.1 Å². The molecule has 0 unspecified atom stereocenters. The van der Waals surface area contributed by atoms with Gasteiger partial charge in [-0.25, -0.2) is 9.50 Å². The number of alkyl halides is 3. The lowest BCUT2D eigenvalue weighted by Gasteiger charge is -2.38. The van der Waals surface area contributed by atoms with Crippen LogP contribution in [0.15, 0.2) is 54.7 Å². The Morgan fingerprint density at radius 3 is 2.25 bits per heavy atom. The number of fused-ring (bicyclic) bond motifs is 1. The molecule has 5 rings (SSSR count). The standard InChI is InChI=1S/C32H35F3N6O3/c1-19(2)30(42)37-26-9-7-6-8-24(26)21(4)39-14-16-40(17-15-39)31(43)25-18-36-41-28(32(33,34)35)20(3)27(38-29(25)41)22-10-12-23(44-5)13-11-22/h6-13,18-19,21H,14-17H2,1-5H3,(H,37,42)/t21-/m1/s1. The van der Waals surface area contributed by atoms with Gasteiger partial charge in [0.05, 0.1) is 19.0 Å². The lowest BCUT2D eigenvalue weighted by molar-refractivity contribution is -0.143. The first-order chi connectivity index (χ1) is 20.9. The fourth-order valence-electron chi connectivity index (χ4n) is 5.52. The minimum absolute atomic E-state index is 0.00787. The Bertz CT molecular complexity index is 1680. The molecule has 1 N–H and O–H groups in total. The summed E-state index contributed by atoms with van der Waals surface area (Å²) < 4.78 is 48.9. The molecule has 1 saturated heterocycles. The van der Waals surface area contributed by atoms with Gasteiger partial charge in [0.15, 0.2) is 11.3 Å². The van der Waals surface area contributed by atoms with Crippen LogP contribution in [0, 0.1) is 12.8 Å². The monoisotopic (exact) mass is 608 g/mol. The van der Waals surface area contributed by atoms with Crippen molar-refractivity contribution in [3.05, 3.63) is 77.1 Å². The Hall–Kier alpha value is -4.45. The summed E-state index contributed by atoms with van der Waals surface area (Å²) in [5.74, 6) is -0.102. The molecule has 1 fully saturated rings. The number of carbonyl (C=O) groups is 2. The third-order valence-electron chi connectivity index (χ3n) is 8.09. The number of para-hydroxylation sites is 1. The van der Waals surface area contributed by atoms with Gasteiger partial charge in [-0.05, 0) is 49.7 Å². The Morgan fingerprint density at radius 2 is 1.64 bits per heavy atom. The smallest absolute Gasteiger partial charge is 0.433 e. The Morgan fingerprint density at radius 1 is 0.977 bits per heavy atom. The number of halogens is 3. The zero-order valence-electron chi connectivity index (χ0n) is 25.3. The molecule has 0 spiro atoms. The first kappa shape index (κ1) is 31.0. The lowest BCUT2D eigenvalue weighted by Crippen LogP contribution is -2.49. The minimum Gasteiger partial charge on any atom is -0.497 e. The molecular weight excluding hydrogens is 573 g/mol. The van der Waals surface area contributed by atoms with Gasteiger partial charge >= 0.3 is 6.18 Å². The van der Waals surface area contributed by atoms with Gasteiger partial charge in [0.2, 0.25) is 5.91 Å². The molecule has 0 radical (unpaired) electrons. The van der Waals surface area contributed by atoms with Crippen LogP contribution in [0.5, 0.6) is 5.75 Å². The van der Waals surface area contributed by atoms with E-state index in [0.717, 1.165) is 15.8 Å². The molecule has 0 saturated carbocycles. The number of anilines is 1. The van der Waals surface area contributed by atoms with Gasteiger partial charge in [0.1, 0.15) is 11.3 Å². The zero-order chi connectivity index (χ0) is 31.8. The van der Waals surface area contributed by atoms with Crippen LogP contribution in [0.1, 0.15) is 54.0 Å². The molecule has 2 aromatic carbocycles. The van der Waals surface area contributed by atoms with Crippen molar-refractivity contribution < 1.29 is 27.5 Å². The van der Waals surface area contributed by atoms with E-state index in [1.54, 1.807) is 29.2 Å². The van der Waals surface area contributed by atoms with Crippen LogP contribution >= 0.6 is 0 Å². The van der Waals surface area contributed by atoms with Crippen LogP contribution in [0.25, 0.3) is 16.9 Å². The van der Waals surface area contributed by atoms with Gasteiger partial charge in [-0.2, -0.15) is 18.3 Å². The average molecular weight is 609 g/mol. The number of ether oxygens (including phenoxy) is 1. The van der Waals surface area contributed by atoms with E-state index in [4.69, 9.17) is 4.74 Å². The third-order valence-corrected chi connectivity index (χ3v) is 8.09. The molecule has 232 valence electrons. The van der Waals surface area contributed by atoms with Crippen LogP contribution in [0.2, 0.25) is 0 Å². The molecule has 0 aliphatic carbocycles. The van der Waals surface area contributed by atoms with E-state index < -0.39 is 17.8 Å². The maximum absolute atomic E-state index is 14.3. The van der Waals surface area contributed by atoms with Gasteiger partial charge in [0, 0.05) is 55.0 Å². The molecule has 0 bridgehead atoms. The van der Waals surface area contributed by atoms with Crippen LogP contribution < -0.4 is 10.1 Å². The second-order valence-electron chi connectivity index (χ2n) is 11.2. The largest absolute Gasteiger partial charge is 0.497 e. The maximum atomic E-state index is 14.3. The molecule has 1 aliphatic rings. The quantitative estimate of drug-likeness (QED) is 0.283. The number of carbonyl (C=O) groups excluding carboxylic acids is 2. The molecule has 2 amide bonds. The molecule has 3 heterocycles.